The van der Waals surface area contributed by atoms with Crippen molar-refractivity contribution >= 4 is 11.5 Å². The van der Waals surface area contributed by atoms with Crippen molar-refractivity contribution in [3.05, 3.63) is 29.6 Å². The molecule has 0 unspecified atom stereocenters. The third-order valence-electron chi connectivity index (χ3n) is 2.22. The summed E-state index contributed by atoms with van der Waals surface area (Å²) in [6.07, 6.45) is -5.94. The summed E-state index contributed by atoms with van der Waals surface area (Å²) in [7, 11) is 0. The zero-order chi connectivity index (χ0) is 13.1. The highest BCUT2D eigenvalue weighted by Crippen LogP contribution is 2.24. The van der Waals surface area contributed by atoms with Gasteiger partial charge in [-0.2, -0.15) is 13.2 Å². The molecule has 2 N–H and O–H groups in total. The minimum Gasteiger partial charge on any atom is -0.396 e. The Bertz CT molecular complexity index is 414. The second kappa shape index (κ2) is 5.16. The number of carbonyl (C=O) groups is 1. The van der Waals surface area contributed by atoms with Gasteiger partial charge in [-0.3, -0.25) is 4.79 Å². The zero-order valence-corrected chi connectivity index (χ0v) is 8.85. The second-order valence-corrected chi connectivity index (χ2v) is 3.59. The van der Waals surface area contributed by atoms with Gasteiger partial charge < -0.3 is 5.73 Å². The molecule has 94 valence electrons. The van der Waals surface area contributed by atoms with E-state index in [1.807, 2.05) is 0 Å². The molecule has 0 aromatic heterocycles. The van der Waals surface area contributed by atoms with E-state index in [1.165, 1.54) is 12.1 Å². The summed E-state index contributed by atoms with van der Waals surface area (Å²) >= 11 is 0. The molecule has 0 radical (unpaired) electrons. The molecule has 0 bridgehead atoms. The van der Waals surface area contributed by atoms with E-state index < -0.39 is 24.2 Å². The molecule has 0 aliphatic carbocycles. The van der Waals surface area contributed by atoms with Crippen LogP contribution in [-0.2, 0) is 0 Å². The molecule has 1 rings (SSSR count). The Labute approximate surface area is 95.4 Å². The molecule has 0 spiro atoms. The van der Waals surface area contributed by atoms with E-state index >= 15 is 0 Å². The first-order valence-corrected chi connectivity index (χ1v) is 4.95. The summed E-state index contributed by atoms with van der Waals surface area (Å²) in [5.41, 5.74) is 4.94. The predicted octanol–water partition coefficient (Wildman–Crippen LogP) is 3.32. The Morgan fingerprint density at radius 2 is 1.94 bits per heavy atom. The van der Waals surface area contributed by atoms with Gasteiger partial charge >= 0.3 is 6.18 Å². The van der Waals surface area contributed by atoms with Crippen LogP contribution in [0.2, 0.25) is 0 Å². The minimum absolute atomic E-state index is 0.0628. The number of hydrogen-bond acceptors (Lipinski definition) is 2. The van der Waals surface area contributed by atoms with Crippen LogP contribution < -0.4 is 5.73 Å². The van der Waals surface area contributed by atoms with Crippen molar-refractivity contribution in [2.45, 2.75) is 25.4 Å². The van der Waals surface area contributed by atoms with Gasteiger partial charge in [-0.05, 0) is 18.6 Å². The van der Waals surface area contributed by atoms with Crippen LogP contribution >= 0.6 is 0 Å². The molecule has 0 saturated carbocycles. The lowest BCUT2D eigenvalue weighted by Gasteiger charge is -2.07. The van der Waals surface area contributed by atoms with Crippen molar-refractivity contribution in [3.63, 3.8) is 0 Å². The topological polar surface area (TPSA) is 43.1 Å². The summed E-state index contributed by atoms with van der Waals surface area (Å²) in [5, 5.41) is 0. The van der Waals surface area contributed by atoms with Crippen LogP contribution in [0.4, 0.5) is 23.2 Å². The molecule has 2 nitrogen and oxygen atoms in total. The Morgan fingerprint density at radius 3 is 2.53 bits per heavy atom. The van der Waals surface area contributed by atoms with Crippen molar-refractivity contribution in [2.75, 3.05) is 5.73 Å². The maximum Gasteiger partial charge on any atom is 0.389 e. The van der Waals surface area contributed by atoms with E-state index in [9.17, 15) is 22.4 Å². The number of para-hydroxylation sites is 1. The van der Waals surface area contributed by atoms with Gasteiger partial charge in [-0.1, -0.05) is 6.07 Å². The van der Waals surface area contributed by atoms with E-state index in [0.29, 0.717) is 0 Å². The molecule has 1 aromatic rings. The average Bonchev–Trinajstić information content (AvgIpc) is 2.20. The number of nitrogen functional groups attached to an aromatic ring is 1. The van der Waals surface area contributed by atoms with E-state index in [0.717, 1.165) is 6.07 Å². The summed E-state index contributed by atoms with van der Waals surface area (Å²) in [5.74, 6) is -1.32. The number of ketones is 1. The van der Waals surface area contributed by atoms with Crippen LogP contribution in [0.1, 0.15) is 29.6 Å². The van der Waals surface area contributed by atoms with Gasteiger partial charge in [0.25, 0.3) is 0 Å². The highest BCUT2D eigenvalue weighted by molar-refractivity contribution is 6.00. The normalized spacial score (nSPS) is 11.5. The lowest BCUT2D eigenvalue weighted by Crippen LogP contribution is -2.10. The largest absolute Gasteiger partial charge is 0.396 e. The minimum atomic E-state index is -4.28. The Kier molecular flexibility index (Phi) is 4.09. The number of rotatable bonds is 4. The number of halogens is 4. The van der Waals surface area contributed by atoms with Crippen LogP contribution in [-0.4, -0.2) is 12.0 Å². The highest BCUT2D eigenvalue weighted by atomic mass is 19.4. The smallest absolute Gasteiger partial charge is 0.389 e. The number of alkyl halides is 3. The number of carbonyl (C=O) groups excluding carboxylic acids is 1. The lowest BCUT2D eigenvalue weighted by atomic mass is 10.0. The third-order valence-corrected chi connectivity index (χ3v) is 2.22. The molecule has 0 aliphatic rings. The Balaban J connectivity index is 2.62. The predicted molar refractivity (Wildman–Crippen MR) is 55.0 cm³/mol. The first kappa shape index (κ1) is 13.5. The van der Waals surface area contributed by atoms with E-state index in [1.54, 1.807) is 0 Å². The lowest BCUT2D eigenvalue weighted by molar-refractivity contribution is -0.135. The highest BCUT2D eigenvalue weighted by Gasteiger charge is 2.26. The summed E-state index contributed by atoms with van der Waals surface area (Å²) in [6.45, 7) is 0. The number of benzene rings is 1. The van der Waals surface area contributed by atoms with E-state index in [2.05, 4.69) is 0 Å². The molecular weight excluding hydrogens is 238 g/mol. The van der Waals surface area contributed by atoms with Gasteiger partial charge in [0, 0.05) is 18.4 Å². The number of Topliss-reactive ketones (excluding diaryl/α,β-unsaturated/α-hetero) is 1. The molecule has 0 atom stereocenters. The second-order valence-electron chi connectivity index (χ2n) is 3.59. The molecule has 6 heteroatoms. The van der Waals surface area contributed by atoms with Crippen molar-refractivity contribution < 1.29 is 22.4 Å². The summed E-state index contributed by atoms with van der Waals surface area (Å²) in [6, 6.07) is 3.68. The van der Waals surface area contributed by atoms with Crippen molar-refractivity contribution in [3.8, 4) is 0 Å². The molecule has 0 heterocycles. The quantitative estimate of drug-likeness (QED) is 0.505. The zero-order valence-electron chi connectivity index (χ0n) is 8.85. The number of hydrogen-bond donors (Lipinski definition) is 1. The first-order valence-electron chi connectivity index (χ1n) is 4.95. The van der Waals surface area contributed by atoms with Crippen LogP contribution in [0.25, 0.3) is 0 Å². The monoisotopic (exact) mass is 249 g/mol. The van der Waals surface area contributed by atoms with Gasteiger partial charge in [-0.15, -0.1) is 0 Å². The SMILES string of the molecule is Nc1c(F)cccc1C(=O)CCCC(F)(F)F. The third kappa shape index (κ3) is 4.05. The maximum atomic E-state index is 13.0. The average molecular weight is 249 g/mol. The molecular formula is C11H11F4NO. The first-order chi connectivity index (χ1) is 7.81. The van der Waals surface area contributed by atoms with E-state index in [-0.39, 0.29) is 24.1 Å². The maximum absolute atomic E-state index is 13.0. The van der Waals surface area contributed by atoms with Gasteiger partial charge in [0.05, 0.1) is 5.69 Å². The standard InChI is InChI=1S/C11H11F4NO/c12-8-4-1-3-7(10(8)16)9(17)5-2-6-11(13,14)15/h1,3-4H,2,5-6,16H2. The molecule has 17 heavy (non-hydrogen) atoms. The number of anilines is 1. The van der Waals surface area contributed by atoms with Crippen molar-refractivity contribution in [1.29, 1.82) is 0 Å². The Morgan fingerprint density at radius 1 is 1.29 bits per heavy atom. The van der Waals surface area contributed by atoms with Crippen molar-refractivity contribution in [1.82, 2.24) is 0 Å². The fourth-order valence-corrected chi connectivity index (χ4v) is 1.36. The van der Waals surface area contributed by atoms with Gasteiger partial charge in [0.15, 0.2) is 5.78 Å². The molecule has 0 aliphatic heterocycles. The number of nitrogens with two attached hydrogens (primary N) is 1. The van der Waals surface area contributed by atoms with Gasteiger partial charge in [0.1, 0.15) is 5.82 Å². The van der Waals surface area contributed by atoms with Crippen molar-refractivity contribution in [2.24, 2.45) is 0 Å². The van der Waals surface area contributed by atoms with E-state index in [4.69, 9.17) is 5.73 Å². The van der Waals surface area contributed by atoms with Crippen LogP contribution in [0, 0.1) is 5.82 Å². The van der Waals surface area contributed by atoms with Gasteiger partial charge in [-0.25, -0.2) is 4.39 Å². The fraction of sp³-hybridized carbons (Fsp3) is 0.364. The Hall–Kier alpha value is -1.59. The van der Waals surface area contributed by atoms with Crippen LogP contribution in [0.15, 0.2) is 18.2 Å². The van der Waals surface area contributed by atoms with Crippen LogP contribution in [0.5, 0.6) is 0 Å². The van der Waals surface area contributed by atoms with Crippen LogP contribution in [0.3, 0.4) is 0 Å². The molecule has 1 aromatic carbocycles. The summed E-state index contributed by atoms with van der Waals surface area (Å²) < 4.78 is 48.6. The molecule has 0 fully saturated rings. The molecule has 0 saturated heterocycles. The summed E-state index contributed by atoms with van der Waals surface area (Å²) in [4.78, 5) is 11.5. The molecule has 0 amide bonds. The van der Waals surface area contributed by atoms with Gasteiger partial charge in [0.2, 0.25) is 0 Å². The fourth-order valence-electron chi connectivity index (χ4n) is 1.36.